The van der Waals surface area contributed by atoms with E-state index in [0.717, 1.165) is 18.5 Å². The Kier molecular flexibility index (Phi) is 4.25. The van der Waals surface area contributed by atoms with Gasteiger partial charge in [0, 0.05) is 11.7 Å². The second-order valence-corrected chi connectivity index (χ2v) is 6.08. The summed E-state index contributed by atoms with van der Waals surface area (Å²) in [5, 5.41) is 2.97. The number of aryl methyl sites for hydroxylation is 2. The van der Waals surface area contributed by atoms with Crippen molar-refractivity contribution in [1.82, 2.24) is 4.90 Å². The first-order chi connectivity index (χ1) is 10.6. The van der Waals surface area contributed by atoms with Gasteiger partial charge in [0.15, 0.2) is 0 Å². The number of carbonyl (C=O) groups excluding carboxylic acids is 1. The van der Waals surface area contributed by atoms with E-state index in [1.807, 2.05) is 38.2 Å². The summed E-state index contributed by atoms with van der Waals surface area (Å²) in [6.07, 6.45) is 2.19. The molecule has 3 heteroatoms. The summed E-state index contributed by atoms with van der Waals surface area (Å²) < 4.78 is 0. The minimum absolute atomic E-state index is 0.0377. The third-order valence-electron chi connectivity index (χ3n) is 4.36. The van der Waals surface area contributed by atoms with E-state index in [0.29, 0.717) is 12.6 Å². The summed E-state index contributed by atoms with van der Waals surface area (Å²) in [7, 11) is 2.03. The van der Waals surface area contributed by atoms with Gasteiger partial charge in [0.1, 0.15) is 0 Å². The third-order valence-corrected chi connectivity index (χ3v) is 4.36. The number of hydrogen-bond acceptors (Lipinski definition) is 2. The van der Waals surface area contributed by atoms with Crippen LogP contribution in [0.2, 0.25) is 0 Å². The van der Waals surface area contributed by atoms with E-state index in [1.165, 1.54) is 16.7 Å². The molecule has 22 heavy (non-hydrogen) atoms. The van der Waals surface area contributed by atoms with Crippen LogP contribution in [0.5, 0.6) is 0 Å². The molecule has 0 heterocycles. The van der Waals surface area contributed by atoms with Crippen LogP contribution in [0.25, 0.3) is 0 Å². The molecule has 0 spiro atoms. The average Bonchev–Trinajstić information content (AvgIpc) is 2.93. The number of rotatable bonds is 4. The Hall–Kier alpha value is -2.13. The fourth-order valence-corrected chi connectivity index (χ4v) is 3.17. The predicted molar refractivity (Wildman–Crippen MR) is 89.9 cm³/mol. The zero-order valence-corrected chi connectivity index (χ0v) is 13.2. The fourth-order valence-electron chi connectivity index (χ4n) is 3.17. The van der Waals surface area contributed by atoms with Gasteiger partial charge in [-0.15, -0.1) is 0 Å². The first-order valence-electron chi connectivity index (χ1n) is 7.78. The Labute approximate surface area is 132 Å². The van der Waals surface area contributed by atoms with Crippen LogP contribution in [0, 0.1) is 6.92 Å². The van der Waals surface area contributed by atoms with Crippen LogP contribution >= 0.6 is 0 Å². The molecule has 0 aliphatic heterocycles. The normalized spacial score (nSPS) is 16.6. The summed E-state index contributed by atoms with van der Waals surface area (Å²) in [5.41, 5.74) is 4.83. The zero-order valence-electron chi connectivity index (χ0n) is 13.2. The number of nitrogens with zero attached hydrogens (tertiary/aromatic N) is 1. The van der Waals surface area contributed by atoms with Gasteiger partial charge in [0.25, 0.3) is 0 Å². The maximum absolute atomic E-state index is 12.2. The number of amides is 1. The van der Waals surface area contributed by atoms with Crippen molar-refractivity contribution >= 4 is 11.6 Å². The van der Waals surface area contributed by atoms with E-state index in [-0.39, 0.29) is 5.91 Å². The lowest BCUT2D eigenvalue weighted by atomic mass is 10.1. The van der Waals surface area contributed by atoms with E-state index < -0.39 is 0 Å². The van der Waals surface area contributed by atoms with Crippen LogP contribution < -0.4 is 5.32 Å². The predicted octanol–water partition coefficient (Wildman–Crippen LogP) is 3.55. The molecular formula is C19H22N2O. The number of anilines is 1. The highest BCUT2D eigenvalue weighted by Crippen LogP contribution is 2.34. The Balaban J connectivity index is 1.61. The lowest BCUT2D eigenvalue weighted by Crippen LogP contribution is -2.32. The molecule has 0 saturated carbocycles. The van der Waals surface area contributed by atoms with Gasteiger partial charge in [0.05, 0.1) is 6.54 Å². The van der Waals surface area contributed by atoms with Gasteiger partial charge < -0.3 is 5.32 Å². The van der Waals surface area contributed by atoms with E-state index in [2.05, 4.69) is 34.5 Å². The molecular weight excluding hydrogens is 272 g/mol. The molecule has 2 aromatic rings. The molecule has 1 atom stereocenters. The topological polar surface area (TPSA) is 32.3 Å². The molecule has 1 aliphatic carbocycles. The molecule has 2 aromatic carbocycles. The number of benzene rings is 2. The second kappa shape index (κ2) is 6.32. The van der Waals surface area contributed by atoms with Crippen LogP contribution in [0.4, 0.5) is 5.69 Å². The van der Waals surface area contributed by atoms with Gasteiger partial charge in [-0.3, -0.25) is 9.69 Å². The number of nitrogens with one attached hydrogen (secondary N) is 1. The molecule has 1 amide bonds. The lowest BCUT2D eigenvalue weighted by molar-refractivity contribution is -0.117. The molecule has 0 bridgehead atoms. The SMILES string of the molecule is Cc1ccc(NC(=O)CN(C)C2CCc3ccccc32)cc1. The van der Waals surface area contributed by atoms with Crippen molar-refractivity contribution in [2.75, 3.05) is 18.9 Å². The molecule has 0 fully saturated rings. The van der Waals surface area contributed by atoms with Crippen molar-refractivity contribution in [2.24, 2.45) is 0 Å². The minimum Gasteiger partial charge on any atom is -0.325 e. The van der Waals surface area contributed by atoms with Crippen LogP contribution in [0.3, 0.4) is 0 Å². The van der Waals surface area contributed by atoms with Crippen molar-refractivity contribution in [2.45, 2.75) is 25.8 Å². The van der Waals surface area contributed by atoms with Crippen molar-refractivity contribution in [1.29, 1.82) is 0 Å². The molecule has 1 unspecified atom stereocenters. The van der Waals surface area contributed by atoms with Gasteiger partial charge in [-0.25, -0.2) is 0 Å². The summed E-state index contributed by atoms with van der Waals surface area (Å²) >= 11 is 0. The quantitative estimate of drug-likeness (QED) is 0.935. The highest BCUT2D eigenvalue weighted by atomic mass is 16.2. The van der Waals surface area contributed by atoms with Crippen LogP contribution in [0.15, 0.2) is 48.5 Å². The monoisotopic (exact) mass is 294 g/mol. The van der Waals surface area contributed by atoms with Crippen molar-refractivity contribution in [3.63, 3.8) is 0 Å². The van der Waals surface area contributed by atoms with Crippen LogP contribution in [0.1, 0.15) is 29.2 Å². The van der Waals surface area contributed by atoms with E-state index >= 15 is 0 Å². The van der Waals surface area contributed by atoms with Gasteiger partial charge in [-0.05, 0) is 50.1 Å². The zero-order chi connectivity index (χ0) is 15.5. The van der Waals surface area contributed by atoms with Crippen molar-refractivity contribution < 1.29 is 4.79 Å². The van der Waals surface area contributed by atoms with E-state index in [4.69, 9.17) is 0 Å². The van der Waals surface area contributed by atoms with Gasteiger partial charge in [0.2, 0.25) is 5.91 Å². The van der Waals surface area contributed by atoms with Crippen molar-refractivity contribution in [3.05, 3.63) is 65.2 Å². The molecule has 1 N–H and O–H groups in total. The molecule has 3 rings (SSSR count). The fraction of sp³-hybridized carbons (Fsp3) is 0.316. The summed E-state index contributed by atoms with van der Waals surface area (Å²) in [5.74, 6) is 0.0377. The number of fused-ring (bicyclic) bond motifs is 1. The van der Waals surface area contributed by atoms with Gasteiger partial charge >= 0.3 is 0 Å². The third kappa shape index (κ3) is 3.20. The Morgan fingerprint density at radius 1 is 1.18 bits per heavy atom. The summed E-state index contributed by atoms with van der Waals surface area (Å²) in [4.78, 5) is 14.4. The Bertz CT molecular complexity index is 663. The molecule has 0 aromatic heterocycles. The highest BCUT2D eigenvalue weighted by Gasteiger charge is 2.26. The molecule has 0 saturated heterocycles. The molecule has 114 valence electrons. The van der Waals surface area contributed by atoms with Crippen LogP contribution in [-0.2, 0) is 11.2 Å². The van der Waals surface area contributed by atoms with Gasteiger partial charge in [-0.2, -0.15) is 0 Å². The Morgan fingerprint density at radius 2 is 1.91 bits per heavy atom. The molecule has 3 nitrogen and oxygen atoms in total. The summed E-state index contributed by atoms with van der Waals surface area (Å²) in [6, 6.07) is 16.8. The Morgan fingerprint density at radius 3 is 2.68 bits per heavy atom. The van der Waals surface area contributed by atoms with Gasteiger partial charge in [-0.1, -0.05) is 42.0 Å². The maximum Gasteiger partial charge on any atom is 0.238 e. The first kappa shape index (κ1) is 14.8. The number of hydrogen-bond donors (Lipinski definition) is 1. The number of carbonyl (C=O) groups is 1. The largest absolute Gasteiger partial charge is 0.325 e. The maximum atomic E-state index is 12.2. The molecule has 1 aliphatic rings. The summed E-state index contributed by atoms with van der Waals surface area (Å²) in [6.45, 7) is 2.45. The smallest absolute Gasteiger partial charge is 0.238 e. The minimum atomic E-state index is 0.0377. The lowest BCUT2D eigenvalue weighted by Gasteiger charge is -2.24. The molecule has 0 radical (unpaired) electrons. The second-order valence-electron chi connectivity index (χ2n) is 6.08. The average molecular weight is 294 g/mol. The van der Waals surface area contributed by atoms with Crippen LogP contribution in [-0.4, -0.2) is 24.4 Å². The highest BCUT2D eigenvalue weighted by molar-refractivity contribution is 5.92. The van der Waals surface area contributed by atoms with Crippen molar-refractivity contribution in [3.8, 4) is 0 Å². The number of likely N-dealkylation sites (N-methyl/N-ethyl adjacent to an activating group) is 1. The van der Waals surface area contributed by atoms with E-state index in [1.54, 1.807) is 0 Å². The standard InChI is InChI=1S/C19H22N2O/c1-14-7-10-16(11-8-14)20-19(22)13-21(2)18-12-9-15-5-3-4-6-17(15)18/h3-8,10-11,18H,9,12-13H2,1-2H3,(H,20,22). The first-order valence-corrected chi connectivity index (χ1v) is 7.78. The van der Waals surface area contributed by atoms with E-state index in [9.17, 15) is 4.79 Å².